The van der Waals surface area contributed by atoms with Crippen molar-refractivity contribution in [2.24, 2.45) is 5.92 Å². The number of likely N-dealkylation sites (tertiary alicyclic amines) is 1. The molecule has 1 aromatic carbocycles. The van der Waals surface area contributed by atoms with E-state index in [1.807, 2.05) is 30.1 Å². The van der Waals surface area contributed by atoms with E-state index < -0.39 is 0 Å². The van der Waals surface area contributed by atoms with Gasteiger partial charge in [0.15, 0.2) is 0 Å². The minimum absolute atomic E-state index is 0.0210. The number of hydrogen-bond acceptors (Lipinski definition) is 2. The number of anilines is 1. The van der Waals surface area contributed by atoms with Crippen molar-refractivity contribution >= 4 is 11.7 Å². The summed E-state index contributed by atoms with van der Waals surface area (Å²) < 4.78 is 0. The number of urea groups is 1. The minimum atomic E-state index is 0.0210. The van der Waals surface area contributed by atoms with Crippen molar-refractivity contribution < 1.29 is 4.79 Å². The lowest BCUT2D eigenvalue weighted by Gasteiger charge is -2.30. The van der Waals surface area contributed by atoms with Crippen LogP contribution >= 0.6 is 0 Å². The maximum Gasteiger partial charge on any atom is 0.321 e. The molecule has 0 saturated carbocycles. The van der Waals surface area contributed by atoms with Crippen LogP contribution in [0, 0.1) is 5.92 Å². The Balaban J connectivity index is 2.04. The molecule has 4 heteroatoms. The standard InChI is InChI=1S/C16H25N3O/c1-12-8-10-19(11-9-12)16(20)18-15-7-5-4-6-14(15)13(2)17-3/h4-7,12-13,17H,8-11H2,1-3H3,(H,18,20). The number of nitrogens with zero attached hydrogens (tertiary/aromatic N) is 1. The fourth-order valence-electron chi connectivity index (χ4n) is 2.55. The summed E-state index contributed by atoms with van der Waals surface area (Å²) >= 11 is 0. The highest BCUT2D eigenvalue weighted by Gasteiger charge is 2.21. The monoisotopic (exact) mass is 275 g/mol. The maximum atomic E-state index is 12.3. The van der Waals surface area contributed by atoms with Crippen LogP contribution in [0.25, 0.3) is 0 Å². The van der Waals surface area contributed by atoms with Crippen LogP contribution in [0.1, 0.15) is 38.3 Å². The number of amides is 2. The zero-order valence-corrected chi connectivity index (χ0v) is 12.6. The van der Waals surface area contributed by atoms with Crippen LogP contribution in [-0.4, -0.2) is 31.1 Å². The van der Waals surface area contributed by atoms with E-state index >= 15 is 0 Å². The fourth-order valence-corrected chi connectivity index (χ4v) is 2.55. The molecule has 2 rings (SSSR count). The molecule has 2 amide bonds. The first-order valence-electron chi connectivity index (χ1n) is 7.44. The van der Waals surface area contributed by atoms with Crippen molar-refractivity contribution in [3.05, 3.63) is 29.8 Å². The zero-order chi connectivity index (χ0) is 14.5. The molecule has 110 valence electrons. The molecule has 0 bridgehead atoms. The van der Waals surface area contributed by atoms with Crippen molar-refractivity contribution in [3.8, 4) is 0 Å². The second-order valence-electron chi connectivity index (χ2n) is 5.70. The van der Waals surface area contributed by atoms with Gasteiger partial charge in [-0.25, -0.2) is 4.79 Å². The van der Waals surface area contributed by atoms with Crippen LogP contribution in [0.5, 0.6) is 0 Å². The minimum Gasteiger partial charge on any atom is -0.325 e. The molecule has 0 spiro atoms. The van der Waals surface area contributed by atoms with E-state index in [0.717, 1.165) is 43.1 Å². The zero-order valence-electron chi connectivity index (χ0n) is 12.6. The highest BCUT2D eigenvalue weighted by atomic mass is 16.2. The lowest BCUT2D eigenvalue weighted by atomic mass is 9.99. The van der Waals surface area contributed by atoms with Gasteiger partial charge in [-0.15, -0.1) is 0 Å². The summed E-state index contributed by atoms with van der Waals surface area (Å²) in [5.74, 6) is 0.732. The summed E-state index contributed by atoms with van der Waals surface area (Å²) in [5.41, 5.74) is 2.02. The lowest BCUT2D eigenvalue weighted by Crippen LogP contribution is -2.40. The van der Waals surface area contributed by atoms with E-state index in [1.54, 1.807) is 0 Å². The molecule has 1 aliphatic rings. The molecule has 1 unspecified atom stereocenters. The van der Waals surface area contributed by atoms with Crippen molar-refractivity contribution in [1.29, 1.82) is 0 Å². The lowest BCUT2D eigenvalue weighted by molar-refractivity contribution is 0.186. The second-order valence-corrected chi connectivity index (χ2v) is 5.70. The number of hydrogen-bond donors (Lipinski definition) is 2. The highest BCUT2D eigenvalue weighted by Crippen LogP contribution is 2.23. The van der Waals surface area contributed by atoms with E-state index in [-0.39, 0.29) is 12.1 Å². The summed E-state index contributed by atoms with van der Waals surface area (Å²) in [6.07, 6.45) is 2.20. The molecule has 1 saturated heterocycles. The Bertz CT molecular complexity index is 453. The third-order valence-corrected chi connectivity index (χ3v) is 4.17. The first kappa shape index (κ1) is 14.9. The Labute approximate surface area is 121 Å². The Kier molecular flexibility index (Phi) is 5.01. The van der Waals surface area contributed by atoms with E-state index in [0.29, 0.717) is 0 Å². The number of rotatable bonds is 3. The molecular formula is C16H25N3O. The van der Waals surface area contributed by atoms with Gasteiger partial charge in [0.05, 0.1) is 0 Å². The molecule has 0 radical (unpaired) electrons. The molecule has 1 aromatic rings. The fraction of sp³-hybridized carbons (Fsp3) is 0.562. The normalized spacial score (nSPS) is 17.9. The van der Waals surface area contributed by atoms with Crippen LogP contribution < -0.4 is 10.6 Å². The van der Waals surface area contributed by atoms with E-state index in [2.05, 4.69) is 30.5 Å². The number of piperidine rings is 1. The summed E-state index contributed by atoms with van der Waals surface area (Å²) in [6, 6.07) is 8.21. The van der Waals surface area contributed by atoms with Gasteiger partial charge in [0.1, 0.15) is 0 Å². The SMILES string of the molecule is CNC(C)c1ccccc1NC(=O)N1CCC(C)CC1. The Morgan fingerprint density at radius 2 is 1.95 bits per heavy atom. The molecule has 0 aromatic heterocycles. The second kappa shape index (κ2) is 6.75. The molecule has 1 aliphatic heterocycles. The predicted molar refractivity (Wildman–Crippen MR) is 82.9 cm³/mol. The number of para-hydroxylation sites is 1. The molecule has 4 nitrogen and oxygen atoms in total. The van der Waals surface area contributed by atoms with Gasteiger partial charge in [0, 0.05) is 24.8 Å². The largest absolute Gasteiger partial charge is 0.325 e. The number of nitrogens with one attached hydrogen (secondary N) is 2. The van der Waals surface area contributed by atoms with Crippen LogP contribution in [0.2, 0.25) is 0 Å². The number of benzene rings is 1. The smallest absolute Gasteiger partial charge is 0.321 e. The predicted octanol–water partition coefficient (Wildman–Crippen LogP) is 3.23. The Morgan fingerprint density at radius 1 is 1.30 bits per heavy atom. The van der Waals surface area contributed by atoms with Gasteiger partial charge in [-0.05, 0) is 44.4 Å². The number of carbonyl (C=O) groups is 1. The summed E-state index contributed by atoms with van der Waals surface area (Å²) in [4.78, 5) is 14.2. The highest BCUT2D eigenvalue weighted by molar-refractivity contribution is 5.90. The Morgan fingerprint density at radius 3 is 2.60 bits per heavy atom. The van der Waals surface area contributed by atoms with Crippen molar-refractivity contribution in [3.63, 3.8) is 0 Å². The van der Waals surface area contributed by atoms with Crippen LogP contribution in [0.4, 0.5) is 10.5 Å². The first-order chi connectivity index (χ1) is 9.61. The quantitative estimate of drug-likeness (QED) is 0.889. The third-order valence-electron chi connectivity index (χ3n) is 4.17. The topological polar surface area (TPSA) is 44.4 Å². The van der Waals surface area contributed by atoms with Crippen molar-refractivity contribution in [2.45, 2.75) is 32.7 Å². The average Bonchev–Trinajstić information content (AvgIpc) is 2.47. The summed E-state index contributed by atoms with van der Waals surface area (Å²) in [5, 5.41) is 6.27. The van der Waals surface area contributed by atoms with Gasteiger partial charge in [-0.2, -0.15) is 0 Å². The van der Waals surface area contributed by atoms with Gasteiger partial charge >= 0.3 is 6.03 Å². The summed E-state index contributed by atoms with van der Waals surface area (Å²) in [7, 11) is 1.93. The van der Waals surface area contributed by atoms with Crippen molar-refractivity contribution in [1.82, 2.24) is 10.2 Å². The van der Waals surface area contributed by atoms with Crippen molar-refractivity contribution in [2.75, 3.05) is 25.5 Å². The van der Waals surface area contributed by atoms with Gasteiger partial charge in [-0.3, -0.25) is 0 Å². The third kappa shape index (κ3) is 3.51. The molecule has 0 aliphatic carbocycles. The van der Waals surface area contributed by atoms with Crippen LogP contribution in [-0.2, 0) is 0 Å². The van der Waals surface area contributed by atoms with Gasteiger partial charge in [-0.1, -0.05) is 25.1 Å². The Hall–Kier alpha value is -1.55. The van der Waals surface area contributed by atoms with Crippen LogP contribution in [0.15, 0.2) is 24.3 Å². The van der Waals surface area contributed by atoms with E-state index in [1.165, 1.54) is 0 Å². The van der Waals surface area contributed by atoms with Crippen LogP contribution in [0.3, 0.4) is 0 Å². The van der Waals surface area contributed by atoms with E-state index in [4.69, 9.17) is 0 Å². The van der Waals surface area contributed by atoms with E-state index in [9.17, 15) is 4.79 Å². The molecule has 20 heavy (non-hydrogen) atoms. The molecular weight excluding hydrogens is 250 g/mol. The number of carbonyl (C=O) groups excluding carboxylic acids is 1. The van der Waals surface area contributed by atoms with Gasteiger partial charge in [0.25, 0.3) is 0 Å². The summed E-state index contributed by atoms with van der Waals surface area (Å²) in [6.45, 7) is 6.06. The molecule has 1 fully saturated rings. The molecule has 1 heterocycles. The van der Waals surface area contributed by atoms with Gasteiger partial charge in [0.2, 0.25) is 0 Å². The molecule has 2 N–H and O–H groups in total. The first-order valence-corrected chi connectivity index (χ1v) is 7.44. The average molecular weight is 275 g/mol. The molecule has 1 atom stereocenters. The maximum absolute atomic E-state index is 12.3. The van der Waals surface area contributed by atoms with Gasteiger partial charge < -0.3 is 15.5 Å².